The van der Waals surface area contributed by atoms with Crippen molar-refractivity contribution >= 4 is 11.3 Å². The zero-order valence-corrected chi connectivity index (χ0v) is 9.27. The molecule has 0 saturated heterocycles. The summed E-state index contributed by atoms with van der Waals surface area (Å²) in [5, 5.41) is 1.49. The Morgan fingerprint density at radius 1 is 1.47 bits per heavy atom. The SMILES string of the molecule is COc1ccnc(-c2c(F)csc2C)c1. The van der Waals surface area contributed by atoms with E-state index >= 15 is 0 Å². The molecule has 0 unspecified atom stereocenters. The number of rotatable bonds is 2. The van der Waals surface area contributed by atoms with E-state index in [1.807, 2.05) is 6.92 Å². The molecule has 0 spiro atoms. The molecule has 0 fully saturated rings. The van der Waals surface area contributed by atoms with Gasteiger partial charge in [0.05, 0.1) is 12.8 Å². The maximum Gasteiger partial charge on any atom is 0.143 e. The molecule has 15 heavy (non-hydrogen) atoms. The largest absolute Gasteiger partial charge is 0.497 e. The average molecular weight is 223 g/mol. The summed E-state index contributed by atoms with van der Waals surface area (Å²) in [6.45, 7) is 1.88. The van der Waals surface area contributed by atoms with Crippen LogP contribution in [-0.2, 0) is 0 Å². The number of hydrogen-bond acceptors (Lipinski definition) is 3. The highest BCUT2D eigenvalue weighted by Gasteiger charge is 2.12. The van der Waals surface area contributed by atoms with Gasteiger partial charge < -0.3 is 4.74 Å². The van der Waals surface area contributed by atoms with Gasteiger partial charge in [0.1, 0.15) is 11.6 Å². The van der Waals surface area contributed by atoms with Gasteiger partial charge in [-0.15, -0.1) is 11.3 Å². The molecule has 2 rings (SSSR count). The van der Waals surface area contributed by atoms with Crippen LogP contribution in [0.1, 0.15) is 4.88 Å². The number of thiophene rings is 1. The molecule has 0 atom stereocenters. The number of aromatic nitrogens is 1. The van der Waals surface area contributed by atoms with Crippen molar-refractivity contribution in [2.24, 2.45) is 0 Å². The van der Waals surface area contributed by atoms with Crippen LogP contribution in [0.4, 0.5) is 4.39 Å². The minimum Gasteiger partial charge on any atom is -0.497 e. The predicted molar refractivity (Wildman–Crippen MR) is 58.8 cm³/mol. The van der Waals surface area contributed by atoms with Crippen molar-refractivity contribution in [3.8, 4) is 17.0 Å². The topological polar surface area (TPSA) is 22.1 Å². The normalized spacial score (nSPS) is 10.3. The fraction of sp³-hybridized carbons (Fsp3) is 0.182. The van der Waals surface area contributed by atoms with E-state index in [-0.39, 0.29) is 5.82 Å². The highest BCUT2D eigenvalue weighted by Crippen LogP contribution is 2.31. The van der Waals surface area contributed by atoms with E-state index in [1.54, 1.807) is 25.4 Å². The van der Waals surface area contributed by atoms with Crippen LogP contribution in [0, 0.1) is 12.7 Å². The van der Waals surface area contributed by atoms with Crippen molar-refractivity contribution in [3.05, 3.63) is 34.4 Å². The summed E-state index contributed by atoms with van der Waals surface area (Å²) in [4.78, 5) is 5.06. The van der Waals surface area contributed by atoms with Gasteiger partial charge in [-0.3, -0.25) is 4.98 Å². The Hall–Kier alpha value is -1.42. The van der Waals surface area contributed by atoms with E-state index in [2.05, 4.69) is 4.98 Å². The Kier molecular flexibility index (Phi) is 2.68. The standard InChI is InChI=1S/C11H10FNOS/c1-7-11(9(12)6-15-7)10-5-8(14-2)3-4-13-10/h3-6H,1-2H3. The molecule has 0 amide bonds. The summed E-state index contributed by atoms with van der Waals surface area (Å²) < 4.78 is 18.5. The van der Waals surface area contributed by atoms with E-state index in [0.29, 0.717) is 17.0 Å². The maximum atomic E-state index is 13.5. The molecule has 0 radical (unpaired) electrons. The van der Waals surface area contributed by atoms with E-state index < -0.39 is 0 Å². The molecule has 2 aromatic rings. The van der Waals surface area contributed by atoms with E-state index in [4.69, 9.17) is 4.74 Å². The lowest BCUT2D eigenvalue weighted by Crippen LogP contribution is -1.88. The van der Waals surface area contributed by atoms with Crippen LogP contribution in [0.25, 0.3) is 11.3 Å². The molecule has 4 heteroatoms. The molecule has 0 saturated carbocycles. The van der Waals surface area contributed by atoms with Crippen LogP contribution < -0.4 is 4.74 Å². The van der Waals surface area contributed by atoms with Crippen LogP contribution in [0.3, 0.4) is 0 Å². The molecular formula is C11H10FNOS. The van der Waals surface area contributed by atoms with Gasteiger partial charge in [-0.2, -0.15) is 0 Å². The van der Waals surface area contributed by atoms with Crippen LogP contribution in [0.5, 0.6) is 5.75 Å². The van der Waals surface area contributed by atoms with Gasteiger partial charge in [0.25, 0.3) is 0 Å². The highest BCUT2D eigenvalue weighted by atomic mass is 32.1. The minimum atomic E-state index is -0.224. The van der Waals surface area contributed by atoms with Gasteiger partial charge in [0.15, 0.2) is 0 Å². The number of pyridine rings is 1. The Morgan fingerprint density at radius 3 is 2.87 bits per heavy atom. The van der Waals surface area contributed by atoms with Crippen molar-refractivity contribution in [1.29, 1.82) is 0 Å². The zero-order valence-electron chi connectivity index (χ0n) is 8.45. The Morgan fingerprint density at radius 2 is 2.27 bits per heavy atom. The van der Waals surface area contributed by atoms with Gasteiger partial charge in [0.2, 0.25) is 0 Å². The predicted octanol–water partition coefficient (Wildman–Crippen LogP) is 3.27. The third kappa shape index (κ3) is 1.85. The summed E-state index contributed by atoms with van der Waals surface area (Å²) in [6.07, 6.45) is 1.62. The first-order valence-electron chi connectivity index (χ1n) is 4.46. The second-order valence-electron chi connectivity index (χ2n) is 3.10. The molecule has 78 valence electrons. The lowest BCUT2D eigenvalue weighted by molar-refractivity contribution is 0.414. The Labute approximate surface area is 91.4 Å². The molecular weight excluding hydrogens is 213 g/mol. The summed E-state index contributed by atoms with van der Waals surface area (Å²) in [5.41, 5.74) is 1.18. The van der Waals surface area contributed by atoms with Gasteiger partial charge in [0, 0.05) is 28.1 Å². The van der Waals surface area contributed by atoms with Crippen LogP contribution in [0.2, 0.25) is 0 Å². The third-order valence-corrected chi connectivity index (χ3v) is 3.04. The first-order valence-corrected chi connectivity index (χ1v) is 5.34. The molecule has 0 aliphatic carbocycles. The summed E-state index contributed by atoms with van der Waals surface area (Å²) >= 11 is 1.38. The number of ether oxygens (including phenoxy) is 1. The van der Waals surface area contributed by atoms with Crippen molar-refractivity contribution < 1.29 is 9.13 Å². The lowest BCUT2D eigenvalue weighted by atomic mass is 10.1. The fourth-order valence-corrected chi connectivity index (χ4v) is 2.12. The number of methoxy groups -OCH3 is 1. The van der Waals surface area contributed by atoms with Gasteiger partial charge in [-0.05, 0) is 13.0 Å². The zero-order chi connectivity index (χ0) is 10.8. The lowest BCUT2D eigenvalue weighted by Gasteiger charge is -2.03. The quantitative estimate of drug-likeness (QED) is 0.779. The van der Waals surface area contributed by atoms with E-state index in [1.165, 1.54) is 16.7 Å². The molecule has 0 aliphatic heterocycles. The van der Waals surface area contributed by atoms with Gasteiger partial charge in [-0.1, -0.05) is 0 Å². The smallest absolute Gasteiger partial charge is 0.143 e. The first kappa shape index (κ1) is 10.1. The molecule has 0 aromatic carbocycles. The third-order valence-electron chi connectivity index (χ3n) is 2.15. The Balaban J connectivity index is 2.53. The van der Waals surface area contributed by atoms with Crippen molar-refractivity contribution in [1.82, 2.24) is 4.98 Å². The molecule has 2 aromatic heterocycles. The van der Waals surface area contributed by atoms with Crippen molar-refractivity contribution in [3.63, 3.8) is 0 Å². The maximum absolute atomic E-state index is 13.5. The first-order chi connectivity index (χ1) is 7.22. The second-order valence-corrected chi connectivity index (χ2v) is 4.18. The molecule has 2 nitrogen and oxygen atoms in total. The molecule has 2 heterocycles. The monoisotopic (exact) mass is 223 g/mol. The summed E-state index contributed by atoms with van der Waals surface area (Å²) in [7, 11) is 1.58. The molecule has 0 bridgehead atoms. The number of aryl methyl sites for hydroxylation is 1. The van der Waals surface area contributed by atoms with Crippen molar-refractivity contribution in [2.45, 2.75) is 6.92 Å². The fourth-order valence-electron chi connectivity index (χ4n) is 1.40. The highest BCUT2D eigenvalue weighted by molar-refractivity contribution is 7.10. The van der Waals surface area contributed by atoms with Crippen molar-refractivity contribution in [2.75, 3.05) is 7.11 Å². The molecule has 0 aliphatic rings. The molecule has 0 N–H and O–H groups in total. The van der Waals surface area contributed by atoms with E-state index in [9.17, 15) is 4.39 Å². The van der Waals surface area contributed by atoms with Gasteiger partial charge >= 0.3 is 0 Å². The summed E-state index contributed by atoms with van der Waals surface area (Å²) in [6, 6.07) is 3.47. The Bertz CT molecular complexity index is 462. The number of halogens is 1. The van der Waals surface area contributed by atoms with Crippen LogP contribution >= 0.6 is 11.3 Å². The summed E-state index contributed by atoms with van der Waals surface area (Å²) in [5.74, 6) is 0.461. The van der Waals surface area contributed by atoms with Crippen LogP contribution in [0.15, 0.2) is 23.7 Å². The van der Waals surface area contributed by atoms with Crippen LogP contribution in [-0.4, -0.2) is 12.1 Å². The second kappa shape index (κ2) is 3.98. The number of nitrogens with zero attached hydrogens (tertiary/aromatic N) is 1. The number of hydrogen-bond donors (Lipinski definition) is 0. The van der Waals surface area contributed by atoms with E-state index in [0.717, 1.165) is 4.88 Å². The average Bonchev–Trinajstić information content (AvgIpc) is 2.59. The minimum absolute atomic E-state index is 0.224. The van der Waals surface area contributed by atoms with Gasteiger partial charge in [-0.25, -0.2) is 4.39 Å².